The van der Waals surface area contributed by atoms with Crippen LogP contribution in [-0.2, 0) is 34.7 Å². The maximum absolute atomic E-state index is 13.3. The number of carbonyl (C=O) groups is 1. The summed E-state index contributed by atoms with van der Waals surface area (Å²) in [6.07, 6.45) is 1.82. The highest BCUT2D eigenvalue weighted by Crippen LogP contribution is 2.43. The molecule has 0 spiro atoms. The van der Waals surface area contributed by atoms with Crippen molar-refractivity contribution < 1.29 is 14.6 Å². The van der Waals surface area contributed by atoms with Gasteiger partial charge in [-0.1, -0.05) is 19.1 Å². The summed E-state index contributed by atoms with van der Waals surface area (Å²) >= 11 is 0. The van der Waals surface area contributed by atoms with Crippen molar-refractivity contribution in [3.05, 3.63) is 62.4 Å². The van der Waals surface area contributed by atoms with E-state index in [2.05, 4.69) is 6.07 Å². The number of esters is 1. The van der Waals surface area contributed by atoms with Crippen LogP contribution in [0.25, 0.3) is 22.3 Å². The van der Waals surface area contributed by atoms with Crippen LogP contribution < -0.4 is 11.3 Å². The van der Waals surface area contributed by atoms with E-state index in [0.717, 1.165) is 40.6 Å². The minimum absolute atomic E-state index is 0.0115. The molecule has 2 aliphatic heterocycles. The number of nitrogens with two attached hydrogens (primary N) is 1. The van der Waals surface area contributed by atoms with E-state index in [-0.39, 0.29) is 24.6 Å². The predicted octanol–water partition coefficient (Wildman–Crippen LogP) is 2.03. The molecule has 0 fully saturated rings. The normalized spacial score (nSPS) is 23.7. The Bertz CT molecular complexity index is 1340. The molecule has 0 saturated heterocycles. The molecule has 1 aliphatic carbocycles. The third-order valence-electron chi connectivity index (χ3n) is 6.97. The lowest BCUT2D eigenvalue weighted by Gasteiger charge is -2.31. The molecule has 3 aromatic rings. The number of ether oxygens (including phenoxy) is 1. The summed E-state index contributed by atoms with van der Waals surface area (Å²) in [5.74, 6) is -0.708. The van der Waals surface area contributed by atoms with Gasteiger partial charge in [0.1, 0.15) is 6.61 Å². The van der Waals surface area contributed by atoms with Crippen LogP contribution in [-0.4, -0.2) is 20.6 Å². The summed E-state index contributed by atoms with van der Waals surface area (Å²) in [5.41, 5.74) is 10.6. The van der Waals surface area contributed by atoms with Crippen LogP contribution in [0.4, 0.5) is 0 Å². The summed E-state index contributed by atoms with van der Waals surface area (Å²) in [5, 5.41) is 12.1. The zero-order valence-electron chi connectivity index (χ0n) is 16.6. The summed E-state index contributed by atoms with van der Waals surface area (Å²) in [7, 11) is 0. The van der Waals surface area contributed by atoms with Crippen LogP contribution in [0.2, 0.25) is 0 Å². The van der Waals surface area contributed by atoms with Crippen LogP contribution in [0.15, 0.2) is 29.1 Å². The molecule has 152 valence electrons. The quantitative estimate of drug-likeness (QED) is 0.471. The minimum atomic E-state index is -1.81. The van der Waals surface area contributed by atoms with Crippen molar-refractivity contribution in [1.82, 2.24) is 9.55 Å². The number of nitrogens with zero attached hydrogens (tertiary/aromatic N) is 2. The van der Waals surface area contributed by atoms with Crippen molar-refractivity contribution in [2.75, 3.05) is 0 Å². The molecular weight excluding hydrogens is 382 g/mol. The molecule has 1 unspecified atom stereocenters. The molecule has 0 amide bonds. The molecule has 7 nitrogen and oxygen atoms in total. The van der Waals surface area contributed by atoms with E-state index in [0.29, 0.717) is 23.4 Å². The van der Waals surface area contributed by atoms with Gasteiger partial charge in [-0.25, -0.2) is 9.78 Å². The summed E-state index contributed by atoms with van der Waals surface area (Å²) in [6, 6.07) is 7.74. The van der Waals surface area contributed by atoms with E-state index < -0.39 is 11.6 Å². The fraction of sp³-hybridized carbons (Fsp3) is 0.348. The lowest BCUT2D eigenvalue weighted by atomic mass is 9.84. The molecule has 3 aliphatic rings. The number of cyclic esters (lactones) is 1. The number of aromatic nitrogens is 2. The molecule has 0 bridgehead atoms. The average molecular weight is 403 g/mol. The number of rotatable bonds is 1. The van der Waals surface area contributed by atoms with Gasteiger partial charge in [-0.05, 0) is 42.5 Å². The molecule has 0 saturated carbocycles. The first-order chi connectivity index (χ1) is 14.4. The third-order valence-corrected chi connectivity index (χ3v) is 6.97. The predicted molar refractivity (Wildman–Crippen MR) is 110 cm³/mol. The van der Waals surface area contributed by atoms with Crippen LogP contribution >= 0.6 is 0 Å². The lowest BCUT2D eigenvalue weighted by molar-refractivity contribution is -0.172. The highest BCUT2D eigenvalue weighted by Gasteiger charge is 2.45. The van der Waals surface area contributed by atoms with Crippen molar-refractivity contribution in [3.8, 4) is 11.4 Å². The molecule has 2 atom stereocenters. The Morgan fingerprint density at radius 3 is 2.93 bits per heavy atom. The van der Waals surface area contributed by atoms with Gasteiger partial charge in [-0.15, -0.1) is 0 Å². The zero-order chi connectivity index (χ0) is 20.8. The van der Waals surface area contributed by atoms with Gasteiger partial charge >= 0.3 is 5.97 Å². The molecule has 0 radical (unpaired) electrons. The standard InChI is InChI=1S/C23H21N3O4/c1-2-23(29)15-8-18-20-13(9-26(18)21(27)14(15)10-30-22(23)28)11-6-7-16(24)12-4-3-5-17(25-20)19(11)12/h3-5,8,16,29H,2,6-7,9-10,24H2,1H3/t16?,23-/m0/s1. The van der Waals surface area contributed by atoms with Crippen LogP contribution in [0.3, 0.4) is 0 Å². The van der Waals surface area contributed by atoms with Crippen molar-refractivity contribution >= 4 is 16.9 Å². The van der Waals surface area contributed by atoms with E-state index in [1.54, 1.807) is 17.6 Å². The van der Waals surface area contributed by atoms with E-state index in [1.807, 2.05) is 12.1 Å². The van der Waals surface area contributed by atoms with Gasteiger partial charge in [0.15, 0.2) is 5.60 Å². The Morgan fingerprint density at radius 2 is 2.13 bits per heavy atom. The second-order valence-electron chi connectivity index (χ2n) is 8.41. The van der Waals surface area contributed by atoms with Gasteiger partial charge in [-0.2, -0.15) is 0 Å². The van der Waals surface area contributed by atoms with E-state index in [9.17, 15) is 14.7 Å². The molecule has 30 heavy (non-hydrogen) atoms. The second kappa shape index (κ2) is 5.77. The maximum atomic E-state index is 13.3. The van der Waals surface area contributed by atoms with E-state index in [1.165, 1.54) is 5.56 Å². The van der Waals surface area contributed by atoms with Crippen molar-refractivity contribution in [1.29, 1.82) is 0 Å². The van der Waals surface area contributed by atoms with Crippen LogP contribution in [0.1, 0.15) is 53.6 Å². The smallest absolute Gasteiger partial charge is 0.343 e. The Labute approximate surface area is 172 Å². The van der Waals surface area contributed by atoms with Crippen molar-refractivity contribution in [3.63, 3.8) is 0 Å². The van der Waals surface area contributed by atoms with Gasteiger partial charge in [0.25, 0.3) is 5.56 Å². The third kappa shape index (κ3) is 2.03. The number of hydrogen-bond donors (Lipinski definition) is 2. The number of aliphatic hydroxyl groups is 1. The van der Waals surface area contributed by atoms with Crippen LogP contribution in [0, 0.1) is 0 Å². The molecule has 4 heterocycles. The Balaban J connectivity index is 1.67. The molecule has 3 N–H and O–H groups in total. The fourth-order valence-electron chi connectivity index (χ4n) is 5.29. The molecule has 6 rings (SSSR count). The SMILES string of the molecule is CC[C@@]1(O)C(=O)OCc2c1cc1n(c2=O)Cc2c-1nc1cccc3c1c2CCC3N. The fourth-order valence-corrected chi connectivity index (χ4v) is 5.29. The van der Waals surface area contributed by atoms with Crippen molar-refractivity contribution in [2.45, 2.75) is 51.0 Å². The Kier molecular flexibility index (Phi) is 3.42. The first kappa shape index (κ1) is 17.8. The monoisotopic (exact) mass is 403 g/mol. The summed E-state index contributed by atoms with van der Waals surface area (Å²) < 4.78 is 6.83. The number of aryl methyl sites for hydroxylation is 1. The number of carbonyl (C=O) groups excluding carboxylic acids is 1. The number of fused-ring (bicyclic) bond motifs is 5. The summed E-state index contributed by atoms with van der Waals surface area (Å²) in [6.45, 7) is 2.01. The Morgan fingerprint density at radius 1 is 1.30 bits per heavy atom. The molecular formula is C23H21N3O4. The van der Waals surface area contributed by atoms with Gasteiger partial charge in [0.05, 0.1) is 29.0 Å². The zero-order valence-corrected chi connectivity index (χ0v) is 16.6. The van der Waals surface area contributed by atoms with E-state index >= 15 is 0 Å². The van der Waals surface area contributed by atoms with Gasteiger partial charge < -0.3 is 20.1 Å². The second-order valence-corrected chi connectivity index (χ2v) is 8.41. The van der Waals surface area contributed by atoms with Crippen LogP contribution in [0.5, 0.6) is 0 Å². The number of benzene rings is 1. The molecule has 2 aromatic heterocycles. The number of pyridine rings is 2. The highest BCUT2D eigenvalue weighted by atomic mass is 16.6. The summed E-state index contributed by atoms with van der Waals surface area (Å²) in [4.78, 5) is 30.5. The molecule has 7 heteroatoms. The van der Waals surface area contributed by atoms with Gasteiger partial charge in [0.2, 0.25) is 0 Å². The molecule has 1 aromatic carbocycles. The highest BCUT2D eigenvalue weighted by molar-refractivity contribution is 5.92. The maximum Gasteiger partial charge on any atom is 0.343 e. The minimum Gasteiger partial charge on any atom is -0.458 e. The van der Waals surface area contributed by atoms with E-state index in [4.69, 9.17) is 15.5 Å². The topological polar surface area (TPSA) is 107 Å². The number of hydrogen-bond acceptors (Lipinski definition) is 6. The average Bonchev–Trinajstić information content (AvgIpc) is 3.12. The first-order valence-electron chi connectivity index (χ1n) is 10.3. The van der Waals surface area contributed by atoms with Gasteiger partial charge in [-0.3, -0.25) is 4.79 Å². The van der Waals surface area contributed by atoms with Crippen molar-refractivity contribution in [2.24, 2.45) is 5.73 Å². The Hall–Kier alpha value is -3.03. The first-order valence-corrected chi connectivity index (χ1v) is 10.3. The lowest BCUT2D eigenvalue weighted by Crippen LogP contribution is -2.44. The van der Waals surface area contributed by atoms with Gasteiger partial charge in [0, 0.05) is 22.6 Å². The largest absolute Gasteiger partial charge is 0.458 e.